The lowest BCUT2D eigenvalue weighted by Crippen LogP contribution is -2.18. The smallest absolute Gasteiger partial charge is 0.130 e. The zero-order chi connectivity index (χ0) is 9.68. The molecule has 13 heavy (non-hydrogen) atoms. The van der Waals surface area contributed by atoms with Crippen LogP contribution in [0, 0.1) is 11.8 Å². The molecule has 1 atom stereocenters. The van der Waals surface area contributed by atoms with Crippen molar-refractivity contribution in [3.05, 3.63) is 0 Å². The Labute approximate surface area is 80.7 Å². The molecule has 2 heteroatoms. The molecule has 1 fully saturated rings. The third-order valence-corrected chi connectivity index (χ3v) is 2.71. The van der Waals surface area contributed by atoms with E-state index in [9.17, 15) is 4.79 Å². The molecule has 0 bridgehead atoms. The number of ketones is 1. The molecule has 0 aromatic carbocycles. The summed E-state index contributed by atoms with van der Waals surface area (Å²) in [7, 11) is 0. The Balaban J connectivity index is 2.18. The van der Waals surface area contributed by atoms with Crippen LogP contribution in [0.15, 0.2) is 0 Å². The summed E-state index contributed by atoms with van der Waals surface area (Å²) in [5.74, 6) is 1.67. The summed E-state index contributed by atoms with van der Waals surface area (Å²) in [6.07, 6.45) is 4.31. The van der Waals surface area contributed by atoms with E-state index in [-0.39, 0.29) is 0 Å². The topological polar surface area (TPSA) is 26.3 Å². The molecule has 1 aliphatic rings. The first kappa shape index (κ1) is 10.7. The van der Waals surface area contributed by atoms with Gasteiger partial charge in [-0.15, -0.1) is 0 Å². The van der Waals surface area contributed by atoms with E-state index in [1.807, 2.05) is 0 Å². The fraction of sp³-hybridized carbons (Fsp3) is 0.909. The lowest BCUT2D eigenvalue weighted by molar-refractivity contribution is -0.117. The Bertz CT molecular complexity index is 159. The minimum absolute atomic E-state index is 0.319. The number of ether oxygens (including phenoxy) is 1. The molecular formula is C11H20O2. The standard InChI is InChI=1S/C11H20O2/c1-9(7-10(2)12)8-11-3-5-13-6-4-11/h9,11H,3-8H2,1-2H3. The molecule has 1 saturated heterocycles. The molecule has 0 N–H and O–H groups in total. The van der Waals surface area contributed by atoms with Gasteiger partial charge in [-0.05, 0) is 38.0 Å². The highest BCUT2D eigenvalue weighted by Crippen LogP contribution is 2.24. The van der Waals surface area contributed by atoms with Crippen LogP contribution in [0.1, 0.15) is 39.5 Å². The van der Waals surface area contributed by atoms with E-state index in [0.717, 1.165) is 25.6 Å². The fourth-order valence-corrected chi connectivity index (χ4v) is 2.13. The van der Waals surface area contributed by atoms with Crippen molar-refractivity contribution in [3.63, 3.8) is 0 Å². The number of carbonyl (C=O) groups is 1. The number of carbonyl (C=O) groups excluding carboxylic acids is 1. The molecule has 0 amide bonds. The zero-order valence-electron chi connectivity index (χ0n) is 8.71. The van der Waals surface area contributed by atoms with Gasteiger partial charge in [0, 0.05) is 19.6 Å². The molecule has 0 aromatic heterocycles. The van der Waals surface area contributed by atoms with Crippen LogP contribution < -0.4 is 0 Å². The first-order chi connectivity index (χ1) is 6.18. The highest BCUT2D eigenvalue weighted by molar-refractivity contribution is 5.75. The Morgan fingerprint density at radius 2 is 2.08 bits per heavy atom. The second kappa shape index (κ2) is 5.38. The minimum Gasteiger partial charge on any atom is -0.381 e. The number of Topliss-reactive ketones (excluding diaryl/α,β-unsaturated/α-hetero) is 1. The molecule has 0 aromatic rings. The molecule has 1 rings (SSSR count). The number of rotatable bonds is 4. The van der Waals surface area contributed by atoms with Crippen molar-refractivity contribution < 1.29 is 9.53 Å². The van der Waals surface area contributed by atoms with Gasteiger partial charge in [0.25, 0.3) is 0 Å². The van der Waals surface area contributed by atoms with Gasteiger partial charge in [-0.25, -0.2) is 0 Å². The quantitative estimate of drug-likeness (QED) is 0.670. The Morgan fingerprint density at radius 1 is 1.46 bits per heavy atom. The van der Waals surface area contributed by atoms with Crippen LogP contribution in [-0.2, 0) is 9.53 Å². The molecule has 1 aliphatic heterocycles. The number of hydrogen-bond donors (Lipinski definition) is 0. The normalized spacial score (nSPS) is 21.4. The predicted molar refractivity (Wildman–Crippen MR) is 52.6 cm³/mol. The van der Waals surface area contributed by atoms with Crippen LogP contribution in [0.5, 0.6) is 0 Å². The molecular weight excluding hydrogens is 164 g/mol. The second-order valence-electron chi connectivity index (χ2n) is 4.30. The molecule has 0 spiro atoms. The largest absolute Gasteiger partial charge is 0.381 e. The lowest BCUT2D eigenvalue weighted by Gasteiger charge is -2.24. The summed E-state index contributed by atoms with van der Waals surface area (Å²) in [6.45, 7) is 5.69. The van der Waals surface area contributed by atoms with Gasteiger partial charge in [0.1, 0.15) is 5.78 Å². The maximum absolute atomic E-state index is 10.9. The van der Waals surface area contributed by atoms with Crippen LogP contribution >= 0.6 is 0 Å². The van der Waals surface area contributed by atoms with Crippen molar-refractivity contribution in [2.24, 2.45) is 11.8 Å². The average Bonchev–Trinajstić information content (AvgIpc) is 2.04. The first-order valence-corrected chi connectivity index (χ1v) is 5.25. The molecule has 0 saturated carbocycles. The van der Waals surface area contributed by atoms with Gasteiger partial charge in [0.2, 0.25) is 0 Å². The maximum atomic E-state index is 10.9. The van der Waals surface area contributed by atoms with Crippen molar-refractivity contribution in [2.75, 3.05) is 13.2 Å². The Kier molecular flexibility index (Phi) is 4.43. The molecule has 1 unspecified atom stereocenters. The molecule has 0 radical (unpaired) electrons. The van der Waals surface area contributed by atoms with Gasteiger partial charge in [-0.3, -0.25) is 0 Å². The highest BCUT2D eigenvalue weighted by Gasteiger charge is 2.17. The molecule has 1 heterocycles. The van der Waals surface area contributed by atoms with E-state index >= 15 is 0 Å². The van der Waals surface area contributed by atoms with E-state index < -0.39 is 0 Å². The summed E-state index contributed by atoms with van der Waals surface area (Å²) in [5, 5.41) is 0. The van der Waals surface area contributed by atoms with Crippen molar-refractivity contribution in [2.45, 2.75) is 39.5 Å². The second-order valence-corrected chi connectivity index (χ2v) is 4.30. The minimum atomic E-state index is 0.319. The summed E-state index contributed by atoms with van der Waals surface area (Å²) in [6, 6.07) is 0. The highest BCUT2D eigenvalue weighted by atomic mass is 16.5. The van der Waals surface area contributed by atoms with Crippen molar-refractivity contribution in [1.82, 2.24) is 0 Å². The molecule has 2 nitrogen and oxygen atoms in total. The van der Waals surface area contributed by atoms with E-state index in [2.05, 4.69) is 6.92 Å². The third-order valence-electron chi connectivity index (χ3n) is 2.71. The van der Waals surface area contributed by atoms with Gasteiger partial charge in [-0.1, -0.05) is 6.92 Å². The summed E-state index contributed by atoms with van der Waals surface area (Å²) in [4.78, 5) is 10.9. The SMILES string of the molecule is CC(=O)CC(C)CC1CCOCC1. The Morgan fingerprint density at radius 3 is 2.62 bits per heavy atom. The lowest BCUT2D eigenvalue weighted by atomic mass is 9.88. The molecule has 76 valence electrons. The van der Waals surface area contributed by atoms with E-state index in [0.29, 0.717) is 11.7 Å². The Hall–Kier alpha value is -0.370. The average molecular weight is 184 g/mol. The van der Waals surface area contributed by atoms with Crippen molar-refractivity contribution >= 4 is 5.78 Å². The molecule has 0 aliphatic carbocycles. The number of hydrogen-bond acceptors (Lipinski definition) is 2. The monoisotopic (exact) mass is 184 g/mol. The summed E-state index contributed by atoms with van der Waals surface area (Å²) >= 11 is 0. The summed E-state index contributed by atoms with van der Waals surface area (Å²) < 4.78 is 5.30. The van der Waals surface area contributed by atoms with Crippen LogP contribution in [-0.4, -0.2) is 19.0 Å². The van der Waals surface area contributed by atoms with Crippen molar-refractivity contribution in [1.29, 1.82) is 0 Å². The van der Waals surface area contributed by atoms with E-state index in [1.165, 1.54) is 19.3 Å². The van der Waals surface area contributed by atoms with Gasteiger partial charge in [-0.2, -0.15) is 0 Å². The van der Waals surface area contributed by atoms with Crippen molar-refractivity contribution in [3.8, 4) is 0 Å². The first-order valence-electron chi connectivity index (χ1n) is 5.25. The van der Waals surface area contributed by atoms with E-state index in [4.69, 9.17) is 4.74 Å². The van der Waals surface area contributed by atoms with E-state index in [1.54, 1.807) is 6.92 Å². The van der Waals surface area contributed by atoms with Gasteiger partial charge < -0.3 is 9.53 Å². The van der Waals surface area contributed by atoms with Gasteiger partial charge >= 0.3 is 0 Å². The summed E-state index contributed by atoms with van der Waals surface area (Å²) in [5.41, 5.74) is 0. The van der Waals surface area contributed by atoms with Crippen LogP contribution in [0.2, 0.25) is 0 Å². The van der Waals surface area contributed by atoms with Crippen LogP contribution in [0.4, 0.5) is 0 Å². The van der Waals surface area contributed by atoms with Crippen LogP contribution in [0.3, 0.4) is 0 Å². The predicted octanol–water partition coefficient (Wildman–Crippen LogP) is 2.42. The van der Waals surface area contributed by atoms with Crippen LogP contribution in [0.25, 0.3) is 0 Å². The van der Waals surface area contributed by atoms with Gasteiger partial charge in [0.15, 0.2) is 0 Å². The zero-order valence-corrected chi connectivity index (χ0v) is 8.71. The van der Waals surface area contributed by atoms with Gasteiger partial charge in [0.05, 0.1) is 0 Å². The fourth-order valence-electron chi connectivity index (χ4n) is 2.13. The third kappa shape index (κ3) is 4.41. The maximum Gasteiger partial charge on any atom is 0.130 e.